The summed E-state index contributed by atoms with van der Waals surface area (Å²) in [6.45, 7) is 2.27. The van der Waals surface area contributed by atoms with E-state index >= 15 is 0 Å². The number of nitrogen functional groups attached to an aromatic ring is 1. The molecule has 1 aliphatic carbocycles. The van der Waals surface area contributed by atoms with Crippen LogP contribution in [0.4, 0.5) is 11.4 Å². The third kappa shape index (κ3) is 3.19. The van der Waals surface area contributed by atoms with Gasteiger partial charge in [-0.15, -0.1) is 0 Å². The van der Waals surface area contributed by atoms with Crippen molar-refractivity contribution in [1.82, 2.24) is 0 Å². The van der Waals surface area contributed by atoms with E-state index in [1.54, 1.807) is 6.07 Å². The van der Waals surface area contributed by atoms with Gasteiger partial charge in [-0.1, -0.05) is 32.3 Å². The molecule has 1 fully saturated rings. The van der Waals surface area contributed by atoms with Crippen molar-refractivity contribution in [2.45, 2.75) is 45.1 Å². The maximum atomic E-state index is 11.3. The lowest BCUT2D eigenvalue weighted by Crippen LogP contribution is -2.27. The van der Waals surface area contributed by atoms with E-state index in [-0.39, 0.29) is 0 Å². The van der Waals surface area contributed by atoms with Gasteiger partial charge in [-0.2, -0.15) is 0 Å². The summed E-state index contributed by atoms with van der Waals surface area (Å²) < 4.78 is 0. The van der Waals surface area contributed by atoms with Gasteiger partial charge in [0.05, 0.1) is 16.9 Å². The molecule has 0 aliphatic heterocycles. The van der Waals surface area contributed by atoms with Crippen molar-refractivity contribution in [2.75, 3.05) is 11.1 Å². The number of primary amides is 1. The largest absolute Gasteiger partial charge is 0.396 e. The maximum Gasteiger partial charge on any atom is 0.250 e. The maximum absolute atomic E-state index is 11.3. The monoisotopic (exact) mass is 261 g/mol. The highest BCUT2D eigenvalue weighted by Crippen LogP contribution is 2.29. The van der Waals surface area contributed by atoms with Gasteiger partial charge < -0.3 is 16.8 Å². The predicted octanol–water partition coefficient (Wildman–Crippen LogP) is 2.75. The first-order valence-electron chi connectivity index (χ1n) is 7.04. The van der Waals surface area contributed by atoms with Crippen LogP contribution in [-0.4, -0.2) is 11.9 Å². The van der Waals surface area contributed by atoms with E-state index < -0.39 is 5.91 Å². The summed E-state index contributed by atoms with van der Waals surface area (Å²) >= 11 is 0. The third-order valence-electron chi connectivity index (χ3n) is 4.07. The second kappa shape index (κ2) is 5.95. The summed E-state index contributed by atoms with van der Waals surface area (Å²) in [4.78, 5) is 11.3. The van der Waals surface area contributed by atoms with E-state index in [1.807, 2.05) is 12.1 Å². The smallest absolute Gasteiger partial charge is 0.250 e. The Morgan fingerprint density at radius 2 is 2.00 bits per heavy atom. The molecule has 0 spiro atoms. The molecule has 1 aliphatic rings. The molecule has 4 heteroatoms. The number of benzene rings is 1. The van der Waals surface area contributed by atoms with Crippen molar-refractivity contribution in [2.24, 2.45) is 11.7 Å². The van der Waals surface area contributed by atoms with Gasteiger partial charge >= 0.3 is 0 Å². The molecule has 1 saturated carbocycles. The molecule has 2 unspecified atom stereocenters. The fraction of sp³-hybridized carbons (Fsp3) is 0.533. The van der Waals surface area contributed by atoms with Crippen LogP contribution in [0.1, 0.15) is 49.4 Å². The van der Waals surface area contributed by atoms with Crippen molar-refractivity contribution >= 4 is 17.3 Å². The van der Waals surface area contributed by atoms with Crippen molar-refractivity contribution in [3.8, 4) is 0 Å². The Hall–Kier alpha value is -1.71. The highest BCUT2D eigenvalue weighted by molar-refractivity contribution is 6.00. The van der Waals surface area contributed by atoms with Crippen LogP contribution in [0.25, 0.3) is 0 Å². The van der Waals surface area contributed by atoms with E-state index in [0.717, 1.165) is 12.1 Å². The molecule has 0 aromatic heterocycles. The van der Waals surface area contributed by atoms with E-state index in [4.69, 9.17) is 11.5 Å². The minimum Gasteiger partial charge on any atom is -0.396 e. The van der Waals surface area contributed by atoms with Gasteiger partial charge in [0.25, 0.3) is 5.91 Å². The average Bonchev–Trinajstić information content (AvgIpc) is 2.57. The van der Waals surface area contributed by atoms with Gasteiger partial charge in [0.15, 0.2) is 0 Å². The van der Waals surface area contributed by atoms with Crippen LogP contribution in [-0.2, 0) is 0 Å². The second-order valence-corrected chi connectivity index (χ2v) is 5.50. The van der Waals surface area contributed by atoms with Gasteiger partial charge in [0.2, 0.25) is 0 Å². The van der Waals surface area contributed by atoms with Crippen LogP contribution in [0.15, 0.2) is 18.2 Å². The fourth-order valence-corrected chi connectivity index (χ4v) is 2.81. The predicted molar refractivity (Wildman–Crippen MR) is 79.0 cm³/mol. The lowest BCUT2D eigenvalue weighted by Gasteiger charge is -2.25. The summed E-state index contributed by atoms with van der Waals surface area (Å²) in [6, 6.07) is 5.83. The lowest BCUT2D eigenvalue weighted by atomic mass is 9.96. The number of anilines is 2. The summed E-state index contributed by atoms with van der Waals surface area (Å²) in [7, 11) is 0. The number of carbonyl (C=O) groups excluding carboxylic acids is 1. The van der Waals surface area contributed by atoms with Crippen LogP contribution in [0.2, 0.25) is 0 Å². The number of amides is 1. The van der Waals surface area contributed by atoms with Crippen molar-refractivity contribution in [1.29, 1.82) is 0 Å². The SMILES string of the molecule is CC1CCCCCC1Nc1cccc(C(N)=O)c1N. The Labute approximate surface area is 114 Å². The molecule has 2 atom stereocenters. The number of rotatable bonds is 3. The number of para-hydroxylation sites is 1. The minimum atomic E-state index is -0.477. The Bertz CT molecular complexity index is 459. The molecule has 2 rings (SSSR count). The molecule has 4 nitrogen and oxygen atoms in total. The Balaban J connectivity index is 2.18. The number of carbonyl (C=O) groups is 1. The molecule has 0 bridgehead atoms. The standard InChI is InChI=1S/C15H23N3O/c1-10-6-3-2-4-8-12(10)18-13-9-5-7-11(14(13)16)15(17)19/h5,7,9-10,12,18H,2-4,6,8,16H2,1H3,(H2,17,19). The van der Waals surface area contributed by atoms with Crippen LogP contribution < -0.4 is 16.8 Å². The van der Waals surface area contributed by atoms with Gasteiger partial charge in [-0.05, 0) is 30.9 Å². The molecule has 0 radical (unpaired) electrons. The zero-order valence-electron chi connectivity index (χ0n) is 11.5. The number of nitrogens with two attached hydrogens (primary N) is 2. The first-order valence-corrected chi connectivity index (χ1v) is 7.04. The molecule has 1 amide bonds. The Morgan fingerprint density at radius 3 is 2.74 bits per heavy atom. The number of nitrogens with one attached hydrogen (secondary N) is 1. The molecule has 0 saturated heterocycles. The third-order valence-corrected chi connectivity index (χ3v) is 4.07. The van der Waals surface area contributed by atoms with Crippen LogP contribution >= 0.6 is 0 Å². The molecule has 1 aromatic carbocycles. The summed E-state index contributed by atoms with van der Waals surface area (Å²) in [6.07, 6.45) is 6.25. The van der Waals surface area contributed by atoms with Crippen LogP contribution in [0, 0.1) is 5.92 Å². The topological polar surface area (TPSA) is 81.1 Å². The minimum absolute atomic E-state index is 0.395. The van der Waals surface area contributed by atoms with Gasteiger partial charge in [0.1, 0.15) is 0 Å². The van der Waals surface area contributed by atoms with Crippen LogP contribution in [0.5, 0.6) is 0 Å². The normalized spacial score (nSPS) is 23.6. The van der Waals surface area contributed by atoms with E-state index in [1.165, 1.54) is 25.7 Å². The van der Waals surface area contributed by atoms with Crippen molar-refractivity contribution < 1.29 is 4.79 Å². The lowest BCUT2D eigenvalue weighted by molar-refractivity contribution is 0.100. The molecular weight excluding hydrogens is 238 g/mol. The Kier molecular flexibility index (Phi) is 4.30. The number of hydrogen-bond donors (Lipinski definition) is 3. The summed E-state index contributed by atoms with van der Waals surface area (Å²) in [5, 5.41) is 3.50. The first kappa shape index (κ1) is 13.7. The summed E-state index contributed by atoms with van der Waals surface area (Å²) in [5.41, 5.74) is 13.0. The molecule has 104 valence electrons. The zero-order chi connectivity index (χ0) is 13.8. The Morgan fingerprint density at radius 1 is 1.26 bits per heavy atom. The van der Waals surface area contributed by atoms with Crippen LogP contribution in [0.3, 0.4) is 0 Å². The highest BCUT2D eigenvalue weighted by Gasteiger charge is 2.21. The molecule has 0 heterocycles. The molecule has 19 heavy (non-hydrogen) atoms. The van der Waals surface area contributed by atoms with Crippen molar-refractivity contribution in [3.63, 3.8) is 0 Å². The quantitative estimate of drug-likeness (QED) is 0.578. The fourth-order valence-electron chi connectivity index (χ4n) is 2.81. The van der Waals surface area contributed by atoms with E-state index in [9.17, 15) is 4.79 Å². The molecule has 1 aromatic rings. The zero-order valence-corrected chi connectivity index (χ0v) is 11.5. The number of hydrogen-bond acceptors (Lipinski definition) is 3. The van der Waals surface area contributed by atoms with Crippen molar-refractivity contribution in [3.05, 3.63) is 23.8 Å². The van der Waals surface area contributed by atoms with E-state index in [0.29, 0.717) is 23.2 Å². The van der Waals surface area contributed by atoms with Gasteiger partial charge in [0, 0.05) is 6.04 Å². The van der Waals surface area contributed by atoms with E-state index in [2.05, 4.69) is 12.2 Å². The molecular formula is C15H23N3O. The second-order valence-electron chi connectivity index (χ2n) is 5.50. The van der Waals surface area contributed by atoms with Gasteiger partial charge in [-0.3, -0.25) is 4.79 Å². The first-order chi connectivity index (χ1) is 9.09. The average molecular weight is 261 g/mol. The van der Waals surface area contributed by atoms with Gasteiger partial charge in [-0.25, -0.2) is 0 Å². The molecule has 5 N–H and O–H groups in total. The highest BCUT2D eigenvalue weighted by atomic mass is 16.1. The summed E-state index contributed by atoms with van der Waals surface area (Å²) in [5.74, 6) is 0.147.